The average Bonchev–Trinajstić information content (AvgIpc) is 4.04. The van der Waals surface area contributed by atoms with Gasteiger partial charge in [0.05, 0.1) is 18.3 Å². The summed E-state index contributed by atoms with van der Waals surface area (Å²) in [5, 5.41) is 61.9. The van der Waals surface area contributed by atoms with Crippen molar-refractivity contribution in [3.8, 4) is 52.0 Å². The third-order valence-electron chi connectivity index (χ3n) is 9.54. The van der Waals surface area contributed by atoms with Crippen molar-refractivity contribution in [2.45, 2.75) is 53.4 Å². The topological polar surface area (TPSA) is 309 Å². The third kappa shape index (κ3) is 16.4. The molecular formula is C47H40F3N9O9S3. The zero-order valence-corrected chi connectivity index (χ0v) is 40.2. The van der Waals surface area contributed by atoms with Gasteiger partial charge in [-0.3, -0.25) is 28.8 Å². The zero-order chi connectivity index (χ0) is 52.6. The monoisotopic (exact) mass is 1030 g/mol. The number of nitriles is 3. The number of carbonyl (C=O) groups excluding carboxylic acids is 3. The number of amides is 3. The number of rotatable bonds is 16. The van der Waals surface area contributed by atoms with Gasteiger partial charge in [0, 0.05) is 34.9 Å². The van der Waals surface area contributed by atoms with Gasteiger partial charge >= 0.3 is 17.9 Å². The molecule has 0 radical (unpaired) electrons. The van der Waals surface area contributed by atoms with Crippen LogP contribution in [0.5, 0.6) is 0 Å². The molecule has 0 aliphatic rings. The van der Waals surface area contributed by atoms with Crippen LogP contribution in [-0.4, -0.2) is 65.9 Å². The Balaban J connectivity index is 0.000000231. The molecule has 24 heteroatoms. The van der Waals surface area contributed by atoms with Crippen molar-refractivity contribution < 1.29 is 57.3 Å². The van der Waals surface area contributed by atoms with Gasteiger partial charge in [0.15, 0.2) is 15.4 Å². The molecule has 3 amide bonds. The smallest absolute Gasteiger partial charge is 0.304 e. The number of nitrogens with one attached hydrogen (secondary N) is 3. The minimum Gasteiger partial charge on any atom is -0.481 e. The first-order valence-corrected chi connectivity index (χ1v) is 23.1. The van der Waals surface area contributed by atoms with Gasteiger partial charge in [-0.1, -0.05) is 98.1 Å². The number of aromatic nitrogens is 3. The van der Waals surface area contributed by atoms with Gasteiger partial charge in [0.2, 0.25) is 17.7 Å². The van der Waals surface area contributed by atoms with E-state index < -0.39 is 64.4 Å². The van der Waals surface area contributed by atoms with Crippen LogP contribution in [0.2, 0.25) is 0 Å². The normalized spacial score (nSPS) is 11.3. The molecule has 0 saturated carbocycles. The Hall–Kier alpha value is -8.37. The van der Waals surface area contributed by atoms with E-state index in [2.05, 4.69) is 30.9 Å². The van der Waals surface area contributed by atoms with Crippen LogP contribution in [0, 0.1) is 68.7 Å². The Morgan fingerprint density at radius 3 is 1.28 bits per heavy atom. The molecule has 2 unspecified atom stereocenters. The van der Waals surface area contributed by atoms with E-state index in [1.807, 2.05) is 18.2 Å². The highest BCUT2D eigenvalue weighted by molar-refractivity contribution is 7.17. The van der Waals surface area contributed by atoms with Crippen LogP contribution in [0.4, 0.5) is 28.6 Å². The van der Waals surface area contributed by atoms with Crippen molar-refractivity contribution in [1.82, 2.24) is 15.0 Å². The minimum atomic E-state index is -1.14. The number of hydrogen-bond donors (Lipinski definition) is 6. The average molecular weight is 1030 g/mol. The molecule has 0 aliphatic heterocycles. The lowest BCUT2D eigenvalue weighted by Gasteiger charge is -2.20. The summed E-state index contributed by atoms with van der Waals surface area (Å²) in [6, 6.07) is 22.8. The second-order valence-electron chi connectivity index (χ2n) is 15.7. The van der Waals surface area contributed by atoms with Gasteiger partial charge in [0.25, 0.3) is 0 Å². The van der Waals surface area contributed by atoms with Gasteiger partial charge in [-0.25, -0.2) is 28.1 Å². The van der Waals surface area contributed by atoms with Crippen molar-refractivity contribution >= 4 is 85.0 Å². The molecule has 366 valence electrons. The lowest BCUT2D eigenvalue weighted by atomic mass is 9.88. The lowest BCUT2D eigenvalue weighted by molar-refractivity contribution is -0.142. The first kappa shape index (κ1) is 55.2. The van der Waals surface area contributed by atoms with E-state index >= 15 is 0 Å². The fourth-order valence-corrected chi connectivity index (χ4v) is 8.21. The molecule has 0 aliphatic carbocycles. The Kier molecular flexibility index (Phi) is 19.7. The number of hydrogen-bond acceptors (Lipinski definition) is 15. The molecule has 3 aromatic carbocycles. The van der Waals surface area contributed by atoms with Crippen LogP contribution in [0.15, 0.2) is 72.8 Å². The molecule has 0 spiro atoms. The van der Waals surface area contributed by atoms with E-state index in [4.69, 9.17) is 20.6 Å². The highest BCUT2D eigenvalue weighted by atomic mass is 32.1. The van der Waals surface area contributed by atoms with Gasteiger partial charge < -0.3 is 31.3 Å². The zero-order valence-electron chi connectivity index (χ0n) is 37.7. The van der Waals surface area contributed by atoms with Gasteiger partial charge in [-0.05, 0) is 42.8 Å². The number of anilines is 3. The Labute approximate surface area is 414 Å². The maximum atomic E-state index is 13.4. The van der Waals surface area contributed by atoms with E-state index in [1.165, 1.54) is 75.4 Å². The number of thiazole rings is 3. The summed E-state index contributed by atoms with van der Waals surface area (Å²) in [7, 11) is 0. The van der Waals surface area contributed by atoms with Crippen molar-refractivity contribution in [2.75, 3.05) is 16.0 Å². The first-order valence-electron chi connectivity index (χ1n) is 20.6. The maximum Gasteiger partial charge on any atom is 0.304 e. The summed E-state index contributed by atoms with van der Waals surface area (Å²) in [4.78, 5) is 81.4. The van der Waals surface area contributed by atoms with Crippen molar-refractivity contribution in [2.24, 2.45) is 17.3 Å². The standard InChI is InChI=1S/2C16H14FN3O3S.C15H12FN3O3S/c1-16(2,7-12(21)22)14(23)20-15-19-13(11(8-18)24-15)9-4-3-5-10(17)6-9;1-9(5-6-13(21)22)15(23)20-16-19-14(12(8-18)24-16)10-3-2-4-11(17)7-10;1-8(5-12(20)21)14(22)19-15-18-13(11(7-17)23-15)9-3-2-4-10(16)6-9/h3-6H,7H2,1-2H3,(H,21,22)(H,19,20,23);2-4,7,9H,5-6H2,1H3,(H,21,22)(H,19,20,23);2-4,6,8H,5H2,1H3,(H,20,21)(H,18,19,22). The number of benzene rings is 3. The van der Waals surface area contributed by atoms with Crippen LogP contribution >= 0.6 is 34.0 Å². The van der Waals surface area contributed by atoms with Gasteiger partial charge in [-0.2, -0.15) is 15.8 Å². The number of halogens is 3. The molecule has 3 aromatic heterocycles. The second-order valence-corrected chi connectivity index (χ2v) is 18.7. The molecule has 0 saturated heterocycles. The highest BCUT2D eigenvalue weighted by Gasteiger charge is 2.32. The van der Waals surface area contributed by atoms with Crippen molar-refractivity contribution in [3.63, 3.8) is 0 Å². The molecular weight excluding hydrogens is 988 g/mol. The fourth-order valence-electron chi connectivity index (χ4n) is 5.85. The van der Waals surface area contributed by atoms with Crippen molar-refractivity contribution in [1.29, 1.82) is 15.8 Å². The molecule has 71 heavy (non-hydrogen) atoms. The SMILES string of the molecule is CC(C)(CC(=O)O)C(=O)Nc1nc(-c2cccc(F)c2)c(C#N)s1.CC(CC(=O)O)C(=O)Nc1nc(-c2cccc(F)c2)c(C#N)s1.CC(CCC(=O)O)C(=O)Nc1nc(-c2cccc(F)c2)c(C#N)s1. The number of carboxylic acid groups (broad SMARTS) is 3. The van der Waals surface area contributed by atoms with Crippen molar-refractivity contribution in [3.05, 3.63) is 105 Å². The Morgan fingerprint density at radius 1 is 0.592 bits per heavy atom. The van der Waals surface area contributed by atoms with Crippen LogP contribution in [-0.2, 0) is 28.8 Å². The fraction of sp³-hybridized carbons (Fsp3) is 0.234. The van der Waals surface area contributed by atoms with Crippen LogP contribution in [0.1, 0.15) is 68.0 Å². The second kappa shape index (κ2) is 25.3. The van der Waals surface area contributed by atoms with Crippen LogP contribution in [0.25, 0.3) is 33.8 Å². The quantitative estimate of drug-likeness (QED) is 0.0526. The Morgan fingerprint density at radius 2 is 0.958 bits per heavy atom. The van der Waals surface area contributed by atoms with E-state index in [0.717, 1.165) is 34.0 Å². The highest BCUT2D eigenvalue weighted by Crippen LogP contribution is 2.34. The Bertz CT molecular complexity index is 3100. The summed E-state index contributed by atoms with van der Waals surface area (Å²) >= 11 is 2.89. The predicted octanol–water partition coefficient (Wildman–Crippen LogP) is 9.39. The van der Waals surface area contributed by atoms with E-state index in [9.17, 15) is 52.5 Å². The minimum absolute atomic E-state index is 0.107. The molecule has 0 fully saturated rings. The number of carbonyl (C=O) groups is 6. The van der Waals surface area contributed by atoms with E-state index in [0.29, 0.717) is 22.4 Å². The largest absolute Gasteiger partial charge is 0.481 e. The van der Waals surface area contributed by atoms with Gasteiger partial charge in [0.1, 0.15) is 67.4 Å². The number of aliphatic carboxylic acids is 3. The summed E-state index contributed by atoms with van der Waals surface area (Å²) in [6.07, 6.45) is -0.552. The number of nitrogens with zero attached hydrogens (tertiary/aromatic N) is 6. The first-order chi connectivity index (χ1) is 33.5. The number of carboxylic acids is 3. The van der Waals surface area contributed by atoms with E-state index in [-0.39, 0.29) is 73.0 Å². The third-order valence-corrected chi connectivity index (χ3v) is 12.2. The molecule has 6 aromatic rings. The lowest BCUT2D eigenvalue weighted by Crippen LogP contribution is -2.32. The van der Waals surface area contributed by atoms with E-state index in [1.54, 1.807) is 25.1 Å². The molecule has 18 nitrogen and oxygen atoms in total. The van der Waals surface area contributed by atoms with Crippen LogP contribution < -0.4 is 16.0 Å². The maximum absolute atomic E-state index is 13.4. The van der Waals surface area contributed by atoms with Crippen LogP contribution in [0.3, 0.4) is 0 Å². The summed E-state index contributed by atoms with van der Waals surface area (Å²) in [6.45, 7) is 6.10. The molecule has 6 rings (SSSR count). The summed E-state index contributed by atoms with van der Waals surface area (Å²) in [5.74, 6) is -7.14. The molecule has 3 heterocycles. The van der Waals surface area contributed by atoms with Gasteiger partial charge in [-0.15, -0.1) is 0 Å². The predicted molar refractivity (Wildman–Crippen MR) is 256 cm³/mol. The summed E-state index contributed by atoms with van der Waals surface area (Å²) in [5.41, 5.74) is 1.01. The molecule has 6 N–H and O–H groups in total. The summed E-state index contributed by atoms with van der Waals surface area (Å²) < 4.78 is 40.0. The molecule has 2 atom stereocenters. The molecule has 0 bridgehead atoms.